The number of rotatable bonds is 4. The van der Waals surface area contributed by atoms with Crippen molar-refractivity contribution in [2.24, 2.45) is 5.73 Å². The van der Waals surface area contributed by atoms with Crippen LogP contribution in [-0.4, -0.2) is 26.7 Å². The standard InChI is InChI=1S/C18H19ClN2O3/c1-23-16-7-11-5-6-21(10-12(11)8-17(16)24-2)15-9-13(19)3-4-14(15)18(20)22/h3-4,7-9H,5-6,10H2,1-2H3,(H2,20,22). The minimum atomic E-state index is -0.459. The molecule has 24 heavy (non-hydrogen) atoms. The Morgan fingerprint density at radius 3 is 2.42 bits per heavy atom. The van der Waals surface area contributed by atoms with E-state index in [4.69, 9.17) is 26.8 Å². The third-order valence-corrected chi connectivity index (χ3v) is 4.52. The van der Waals surface area contributed by atoms with Gasteiger partial charge in [-0.3, -0.25) is 4.79 Å². The zero-order chi connectivity index (χ0) is 17.3. The summed E-state index contributed by atoms with van der Waals surface area (Å²) in [4.78, 5) is 13.8. The molecule has 2 aromatic carbocycles. The number of carbonyl (C=O) groups is 1. The van der Waals surface area contributed by atoms with Crippen LogP contribution in [0, 0.1) is 0 Å². The number of carbonyl (C=O) groups excluding carboxylic acids is 1. The largest absolute Gasteiger partial charge is 0.493 e. The second-order valence-corrected chi connectivity index (χ2v) is 6.11. The minimum absolute atomic E-state index is 0.459. The number of methoxy groups -OCH3 is 2. The number of nitrogens with zero attached hydrogens (tertiary/aromatic N) is 1. The van der Waals surface area contributed by atoms with Gasteiger partial charge in [0.05, 0.1) is 25.5 Å². The molecule has 0 radical (unpaired) electrons. The van der Waals surface area contributed by atoms with E-state index in [0.29, 0.717) is 22.9 Å². The topological polar surface area (TPSA) is 64.8 Å². The number of hydrogen-bond donors (Lipinski definition) is 1. The van der Waals surface area contributed by atoms with Crippen molar-refractivity contribution in [1.82, 2.24) is 0 Å². The van der Waals surface area contributed by atoms with Gasteiger partial charge in [-0.25, -0.2) is 0 Å². The van der Waals surface area contributed by atoms with E-state index >= 15 is 0 Å². The lowest BCUT2D eigenvalue weighted by Crippen LogP contribution is -2.32. The number of benzene rings is 2. The van der Waals surface area contributed by atoms with Crippen LogP contribution in [0.3, 0.4) is 0 Å². The fraction of sp³-hybridized carbons (Fsp3) is 0.278. The van der Waals surface area contributed by atoms with Crippen molar-refractivity contribution in [2.75, 3.05) is 25.7 Å². The summed E-state index contributed by atoms with van der Waals surface area (Å²) in [6, 6.07) is 9.13. The molecule has 0 saturated heterocycles. The van der Waals surface area contributed by atoms with E-state index in [1.165, 1.54) is 5.56 Å². The molecule has 1 amide bonds. The van der Waals surface area contributed by atoms with E-state index in [0.717, 1.165) is 30.0 Å². The number of amides is 1. The van der Waals surface area contributed by atoms with Gasteiger partial charge in [0.25, 0.3) is 5.91 Å². The SMILES string of the molecule is COc1cc2c(cc1OC)CN(c1cc(Cl)ccc1C(N)=O)CC2. The molecule has 6 heteroatoms. The van der Waals surface area contributed by atoms with E-state index in [1.54, 1.807) is 32.4 Å². The maximum atomic E-state index is 11.7. The van der Waals surface area contributed by atoms with Crippen LogP contribution in [0.1, 0.15) is 21.5 Å². The van der Waals surface area contributed by atoms with Crippen molar-refractivity contribution in [3.05, 3.63) is 52.0 Å². The van der Waals surface area contributed by atoms with Crippen LogP contribution < -0.4 is 20.1 Å². The molecule has 1 aliphatic heterocycles. The molecule has 2 aromatic rings. The Bertz CT molecular complexity index is 792. The molecule has 2 N–H and O–H groups in total. The summed E-state index contributed by atoms with van der Waals surface area (Å²) in [6.45, 7) is 1.42. The number of anilines is 1. The number of ether oxygens (including phenoxy) is 2. The number of nitrogens with two attached hydrogens (primary N) is 1. The lowest BCUT2D eigenvalue weighted by atomic mass is 9.97. The molecule has 0 bridgehead atoms. The molecule has 5 nitrogen and oxygen atoms in total. The highest BCUT2D eigenvalue weighted by atomic mass is 35.5. The zero-order valence-corrected chi connectivity index (χ0v) is 14.4. The highest BCUT2D eigenvalue weighted by molar-refractivity contribution is 6.31. The predicted octanol–water partition coefficient (Wildman–Crippen LogP) is 3.02. The Labute approximate surface area is 145 Å². The first kappa shape index (κ1) is 16.5. The molecule has 0 aromatic heterocycles. The number of halogens is 1. The van der Waals surface area contributed by atoms with Crippen LogP contribution in [0.2, 0.25) is 5.02 Å². The van der Waals surface area contributed by atoms with Gasteiger partial charge in [0.2, 0.25) is 0 Å². The minimum Gasteiger partial charge on any atom is -0.493 e. The van der Waals surface area contributed by atoms with E-state index < -0.39 is 5.91 Å². The van der Waals surface area contributed by atoms with Gasteiger partial charge in [-0.2, -0.15) is 0 Å². The van der Waals surface area contributed by atoms with Crippen LogP contribution in [0.15, 0.2) is 30.3 Å². The highest BCUT2D eigenvalue weighted by Crippen LogP contribution is 2.35. The Kier molecular flexibility index (Phi) is 4.53. The normalized spacial score (nSPS) is 13.4. The van der Waals surface area contributed by atoms with Crippen molar-refractivity contribution in [3.8, 4) is 11.5 Å². The van der Waals surface area contributed by atoms with Gasteiger partial charge in [-0.15, -0.1) is 0 Å². The molecule has 1 heterocycles. The molecule has 126 valence electrons. The summed E-state index contributed by atoms with van der Waals surface area (Å²) in [5.74, 6) is 0.962. The number of primary amides is 1. The quantitative estimate of drug-likeness (QED) is 0.924. The smallest absolute Gasteiger partial charge is 0.250 e. The average Bonchev–Trinajstić information content (AvgIpc) is 2.59. The van der Waals surface area contributed by atoms with Gasteiger partial charge in [-0.1, -0.05) is 11.6 Å². The molecule has 0 aliphatic carbocycles. The van der Waals surface area contributed by atoms with Crippen molar-refractivity contribution in [2.45, 2.75) is 13.0 Å². The summed E-state index contributed by atoms with van der Waals surface area (Å²) in [6.07, 6.45) is 0.834. The van der Waals surface area contributed by atoms with Crippen molar-refractivity contribution >= 4 is 23.2 Å². The Morgan fingerprint density at radius 1 is 1.12 bits per heavy atom. The molecular formula is C18H19ClN2O3. The first-order valence-corrected chi connectivity index (χ1v) is 7.99. The lowest BCUT2D eigenvalue weighted by Gasteiger charge is -2.32. The maximum absolute atomic E-state index is 11.7. The van der Waals surface area contributed by atoms with Crippen molar-refractivity contribution < 1.29 is 14.3 Å². The fourth-order valence-electron chi connectivity index (χ4n) is 3.06. The van der Waals surface area contributed by atoms with E-state index in [9.17, 15) is 4.79 Å². The zero-order valence-electron chi connectivity index (χ0n) is 13.6. The average molecular weight is 347 g/mol. The summed E-state index contributed by atoms with van der Waals surface area (Å²) in [5.41, 5.74) is 9.09. The maximum Gasteiger partial charge on any atom is 0.250 e. The van der Waals surface area contributed by atoms with Gasteiger partial charge in [0, 0.05) is 18.1 Å². The van der Waals surface area contributed by atoms with Gasteiger partial charge in [-0.05, 0) is 47.9 Å². The van der Waals surface area contributed by atoms with Crippen LogP contribution in [-0.2, 0) is 13.0 Å². The third-order valence-electron chi connectivity index (χ3n) is 4.28. The fourth-order valence-corrected chi connectivity index (χ4v) is 3.23. The molecular weight excluding hydrogens is 328 g/mol. The summed E-state index contributed by atoms with van der Waals surface area (Å²) in [5, 5.41) is 0.577. The summed E-state index contributed by atoms with van der Waals surface area (Å²) >= 11 is 6.11. The molecule has 1 aliphatic rings. The van der Waals surface area contributed by atoms with Gasteiger partial charge in [0.1, 0.15) is 0 Å². The van der Waals surface area contributed by atoms with E-state index in [1.807, 2.05) is 12.1 Å². The Balaban J connectivity index is 1.98. The van der Waals surface area contributed by atoms with Gasteiger partial charge >= 0.3 is 0 Å². The van der Waals surface area contributed by atoms with E-state index in [-0.39, 0.29) is 0 Å². The monoisotopic (exact) mass is 346 g/mol. The first-order chi connectivity index (χ1) is 11.5. The number of hydrogen-bond acceptors (Lipinski definition) is 4. The number of fused-ring (bicyclic) bond motifs is 1. The summed E-state index contributed by atoms with van der Waals surface area (Å²) < 4.78 is 10.7. The first-order valence-electron chi connectivity index (χ1n) is 7.61. The molecule has 0 atom stereocenters. The van der Waals surface area contributed by atoms with Gasteiger partial charge < -0.3 is 20.1 Å². The predicted molar refractivity (Wildman–Crippen MR) is 94.3 cm³/mol. The van der Waals surface area contributed by atoms with Crippen LogP contribution in [0.5, 0.6) is 11.5 Å². The molecule has 3 rings (SSSR count). The Morgan fingerprint density at radius 2 is 1.79 bits per heavy atom. The van der Waals surface area contributed by atoms with Crippen LogP contribution in [0.4, 0.5) is 5.69 Å². The molecule has 0 fully saturated rings. The van der Waals surface area contributed by atoms with Crippen molar-refractivity contribution in [3.63, 3.8) is 0 Å². The van der Waals surface area contributed by atoms with Crippen molar-refractivity contribution in [1.29, 1.82) is 0 Å². The molecule has 0 unspecified atom stereocenters. The van der Waals surface area contributed by atoms with Crippen LogP contribution in [0.25, 0.3) is 0 Å². The summed E-state index contributed by atoms with van der Waals surface area (Å²) in [7, 11) is 3.25. The molecule has 0 spiro atoms. The lowest BCUT2D eigenvalue weighted by molar-refractivity contribution is 0.100. The second kappa shape index (κ2) is 6.61. The van der Waals surface area contributed by atoms with Crippen LogP contribution >= 0.6 is 11.6 Å². The third kappa shape index (κ3) is 2.99. The second-order valence-electron chi connectivity index (χ2n) is 5.67. The molecule has 0 saturated carbocycles. The van der Waals surface area contributed by atoms with Gasteiger partial charge in [0.15, 0.2) is 11.5 Å². The Hall–Kier alpha value is -2.40. The van der Waals surface area contributed by atoms with E-state index in [2.05, 4.69) is 4.90 Å². The highest BCUT2D eigenvalue weighted by Gasteiger charge is 2.22.